The Morgan fingerprint density at radius 3 is 2.61 bits per heavy atom. The second-order valence-corrected chi connectivity index (χ2v) is 5.88. The summed E-state index contributed by atoms with van der Waals surface area (Å²) >= 11 is 0. The number of carbonyl (C=O) groups is 1. The van der Waals surface area contributed by atoms with Crippen LogP contribution >= 0.6 is 12.4 Å². The number of ether oxygens (including phenoxy) is 1. The molecular formula is C16H28ClN3O3. The highest BCUT2D eigenvalue weighted by molar-refractivity contribution is 5.85. The lowest BCUT2D eigenvalue weighted by Crippen LogP contribution is -2.50. The maximum atomic E-state index is 12.7. The third-order valence-electron chi connectivity index (χ3n) is 4.50. The molecule has 1 aromatic heterocycles. The van der Waals surface area contributed by atoms with Crippen molar-refractivity contribution in [3.05, 3.63) is 17.0 Å². The van der Waals surface area contributed by atoms with E-state index in [4.69, 9.17) is 9.26 Å². The molecule has 1 aromatic rings. The Hall–Kier alpha value is -1.11. The van der Waals surface area contributed by atoms with E-state index in [1.807, 2.05) is 13.8 Å². The number of nitrogens with zero attached hydrogens (tertiary/aromatic N) is 1. The van der Waals surface area contributed by atoms with Crippen LogP contribution in [-0.2, 0) is 28.9 Å². The zero-order chi connectivity index (χ0) is 16.0. The van der Waals surface area contributed by atoms with E-state index in [1.165, 1.54) is 0 Å². The molecule has 0 aromatic carbocycles. The van der Waals surface area contributed by atoms with Crippen molar-refractivity contribution >= 4 is 18.3 Å². The number of nitrogens with one attached hydrogen (secondary N) is 2. The average Bonchev–Trinajstić information content (AvgIpc) is 2.95. The first-order chi connectivity index (χ1) is 10.7. The number of hydrogen-bond donors (Lipinski definition) is 2. The zero-order valence-electron chi connectivity index (χ0n) is 14.2. The van der Waals surface area contributed by atoms with Gasteiger partial charge in [0.1, 0.15) is 5.76 Å². The second kappa shape index (κ2) is 9.25. The number of aromatic nitrogens is 1. The quantitative estimate of drug-likeness (QED) is 0.788. The van der Waals surface area contributed by atoms with E-state index in [0.29, 0.717) is 13.2 Å². The summed E-state index contributed by atoms with van der Waals surface area (Å²) in [6.45, 7) is 6.72. The summed E-state index contributed by atoms with van der Waals surface area (Å²) in [4.78, 5) is 12.7. The number of methoxy groups -OCH3 is 1. The lowest BCUT2D eigenvalue weighted by molar-refractivity contribution is -0.136. The van der Waals surface area contributed by atoms with Gasteiger partial charge >= 0.3 is 0 Å². The minimum absolute atomic E-state index is 0. The highest BCUT2D eigenvalue weighted by Gasteiger charge is 2.39. The molecule has 7 heteroatoms. The van der Waals surface area contributed by atoms with Crippen LogP contribution < -0.4 is 10.6 Å². The molecule has 2 heterocycles. The van der Waals surface area contributed by atoms with E-state index >= 15 is 0 Å². The van der Waals surface area contributed by atoms with E-state index in [9.17, 15) is 4.79 Å². The number of amides is 1. The lowest BCUT2D eigenvalue weighted by Gasteiger charge is -2.35. The zero-order valence-corrected chi connectivity index (χ0v) is 15.1. The molecule has 2 N–H and O–H groups in total. The van der Waals surface area contributed by atoms with Gasteiger partial charge in [0.15, 0.2) is 0 Å². The Bertz CT molecular complexity index is 472. The van der Waals surface area contributed by atoms with Crippen molar-refractivity contribution in [1.82, 2.24) is 15.8 Å². The topological polar surface area (TPSA) is 76.4 Å². The van der Waals surface area contributed by atoms with E-state index < -0.39 is 5.41 Å². The van der Waals surface area contributed by atoms with Crippen molar-refractivity contribution in [3.8, 4) is 0 Å². The predicted octanol–water partition coefficient (Wildman–Crippen LogP) is 1.85. The van der Waals surface area contributed by atoms with E-state index in [-0.39, 0.29) is 18.3 Å². The smallest absolute Gasteiger partial charge is 0.228 e. The Morgan fingerprint density at radius 1 is 1.35 bits per heavy atom. The van der Waals surface area contributed by atoms with Gasteiger partial charge in [-0.2, -0.15) is 0 Å². The largest absolute Gasteiger partial charge is 0.384 e. The van der Waals surface area contributed by atoms with Crippen molar-refractivity contribution in [2.75, 3.05) is 26.8 Å². The molecule has 0 atom stereocenters. The number of hydrogen-bond acceptors (Lipinski definition) is 5. The van der Waals surface area contributed by atoms with Gasteiger partial charge in [0.2, 0.25) is 5.91 Å². The van der Waals surface area contributed by atoms with Crippen LogP contribution in [0.5, 0.6) is 0 Å². The predicted molar refractivity (Wildman–Crippen MR) is 90.8 cm³/mol. The fraction of sp³-hybridized carbons (Fsp3) is 0.750. The van der Waals surface area contributed by atoms with Gasteiger partial charge in [-0.25, -0.2) is 0 Å². The molecule has 1 aliphatic rings. The summed E-state index contributed by atoms with van der Waals surface area (Å²) in [7, 11) is 1.65. The summed E-state index contributed by atoms with van der Waals surface area (Å²) < 4.78 is 10.7. The third-order valence-corrected chi connectivity index (χ3v) is 4.50. The maximum absolute atomic E-state index is 12.7. The number of halogens is 1. The van der Waals surface area contributed by atoms with Crippen LogP contribution in [0.3, 0.4) is 0 Å². The first-order valence-electron chi connectivity index (χ1n) is 8.11. The molecule has 0 bridgehead atoms. The molecule has 1 aliphatic heterocycles. The van der Waals surface area contributed by atoms with Crippen molar-refractivity contribution < 1.29 is 14.1 Å². The molecular weight excluding hydrogens is 318 g/mol. The fourth-order valence-electron chi connectivity index (χ4n) is 3.11. The number of rotatable bonds is 7. The highest BCUT2D eigenvalue weighted by Crippen LogP contribution is 2.29. The SMILES string of the molecule is CCc1noc(CC)c1CNC(=O)C1(COC)CCNCC1.Cl. The van der Waals surface area contributed by atoms with Gasteiger partial charge in [-0.15, -0.1) is 12.4 Å². The van der Waals surface area contributed by atoms with Gasteiger partial charge in [-0.05, 0) is 32.4 Å². The van der Waals surface area contributed by atoms with Crippen LogP contribution in [0.25, 0.3) is 0 Å². The molecule has 0 spiro atoms. The first-order valence-corrected chi connectivity index (χ1v) is 8.11. The average molecular weight is 346 g/mol. The lowest BCUT2D eigenvalue weighted by atomic mass is 9.78. The summed E-state index contributed by atoms with van der Waals surface area (Å²) in [5, 5.41) is 10.5. The molecule has 1 fully saturated rings. The number of aryl methyl sites for hydroxylation is 2. The van der Waals surface area contributed by atoms with Crippen LogP contribution in [0, 0.1) is 5.41 Å². The van der Waals surface area contributed by atoms with E-state index in [2.05, 4.69) is 15.8 Å². The number of piperidine rings is 1. The van der Waals surface area contributed by atoms with Crippen molar-refractivity contribution in [3.63, 3.8) is 0 Å². The van der Waals surface area contributed by atoms with Crippen LogP contribution in [0.15, 0.2) is 4.52 Å². The number of carbonyl (C=O) groups excluding carboxylic acids is 1. The molecule has 6 nitrogen and oxygen atoms in total. The summed E-state index contributed by atoms with van der Waals surface area (Å²) in [6, 6.07) is 0. The van der Waals surface area contributed by atoms with Crippen LogP contribution in [0.1, 0.15) is 43.7 Å². The molecule has 2 rings (SSSR count). The summed E-state index contributed by atoms with van der Waals surface area (Å²) in [5.74, 6) is 0.935. The minimum Gasteiger partial charge on any atom is -0.384 e. The Kier molecular flexibility index (Phi) is 8.02. The molecule has 23 heavy (non-hydrogen) atoms. The van der Waals surface area contributed by atoms with Crippen LogP contribution in [0.4, 0.5) is 0 Å². The summed E-state index contributed by atoms with van der Waals surface area (Å²) in [5.41, 5.74) is 1.54. The van der Waals surface area contributed by atoms with Crippen molar-refractivity contribution in [2.24, 2.45) is 5.41 Å². The molecule has 0 unspecified atom stereocenters. The normalized spacial score (nSPS) is 16.7. The first kappa shape index (κ1) is 19.9. The Morgan fingerprint density at radius 2 is 2.04 bits per heavy atom. The van der Waals surface area contributed by atoms with Gasteiger partial charge < -0.3 is 19.9 Å². The van der Waals surface area contributed by atoms with Gasteiger partial charge in [-0.1, -0.05) is 19.0 Å². The molecule has 132 valence electrons. The second-order valence-electron chi connectivity index (χ2n) is 5.88. The van der Waals surface area contributed by atoms with Gasteiger partial charge in [0.25, 0.3) is 0 Å². The third kappa shape index (κ3) is 4.46. The van der Waals surface area contributed by atoms with Crippen molar-refractivity contribution in [2.45, 2.75) is 46.1 Å². The van der Waals surface area contributed by atoms with E-state index in [1.54, 1.807) is 7.11 Å². The Balaban J connectivity index is 0.00000264. The minimum atomic E-state index is -0.421. The molecule has 0 aliphatic carbocycles. The van der Waals surface area contributed by atoms with Crippen LogP contribution in [-0.4, -0.2) is 37.9 Å². The maximum Gasteiger partial charge on any atom is 0.228 e. The Labute approximate surface area is 144 Å². The highest BCUT2D eigenvalue weighted by atomic mass is 35.5. The van der Waals surface area contributed by atoms with Crippen molar-refractivity contribution in [1.29, 1.82) is 0 Å². The van der Waals surface area contributed by atoms with Crippen LogP contribution in [0.2, 0.25) is 0 Å². The summed E-state index contributed by atoms with van der Waals surface area (Å²) in [6.07, 6.45) is 3.20. The molecule has 1 amide bonds. The van der Waals surface area contributed by atoms with Gasteiger partial charge in [-0.3, -0.25) is 4.79 Å². The standard InChI is InChI=1S/C16H27N3O3.ClH/c1-4-13-12(14(5-2)22-19-13)10-18-15(20)16(11-21-3)6-8-17-9-7-16;/h17H,4-11H2,1-3H3,(H,18,20);1H. The fourth-order valence-corrected chi connectivity index (χ4v) is 3.11. The van der Waals surface area contributed by atoms with Gasteiger partial charge in [0, 0.05) is 25.6 Å². The molecule has 0 radical (unpaired) electrons. The molecule has 0 saturated carbocycles. The monoisotopic (exact) mass is 345 g/mol. The van der Waals surface area contributed by atoms with E-state index in [0.717, 1.165) is 55.8 Å². The molecule has 1 saturated heterocycles. The van der Waals surface area contributed by atoms with Gasteiger partial charge in [0.05, 0.1) is 17.7 Å².